The normalized spacial score (nSPS) is 15.1. The first kappa shape index (κ1) is 16.3. The van der Waals surface area contributed by atoms with Crippen LogP contribution in [0.1, 0.15) is 18.1 Å². The lowest BCUT2D eigenvalue weighted by atomic mass is 10.0. The molecule has 1 saturated heterocycles. The molecule has 2 N–H and O–H groups in total. The van der Waals surface area contributed by atoms with Gasteiger partial charge in [-0.05, 0) is 42.1 Å². The van der Waals surface area contributed by atoms with E-state index >= 15 is 0 Å². The van der Waals surface area contributed by atoms with E-state index in [2.05, 4.69) is 56.6 Å². The summed E-state index contributed by atoms with van der Waals surface area (Å²) in [5, 5.41) is 8.90. The van der Waals surface area contributed by atoms with Crippen molar-refractivity contribution in [2.75, 3.05) is 32.7 Å². The van der Waals surface area contributed by atoms with Crippen LogP contribution in [0.3, 0.4) is 0 Å². The van der Waals surface area contributed by atoms with Crippen molar-refractivity contribution in [3.8, 4) is 0 Å². The lowest BCUT2D eigenvalue weighted by molar-refractivity contribution is 0.202. The molecule has 0 atom stereocenters. The fraction of sp³-hybridized carbons (Fsp3) is 0.474. The number of aromatic amines is 1. The molecule has 3 aromatic rings. The lowest BCUT2D eigenvalue weighted by Gasteiger charge is -2.32. The Hall–Kier alpha value is -2.18. The van der Waals surface area contributed by atoms with Crippen LogP contribution in [0, 0.1) is 5.92 Å². The number of aromatic nitrogens is 4. The molecular weight excluding hydrogens is 312 g/mol. The Balaban J connectivity index is 1.45. The van der Waals surface area contributed by atoms with Crippen molar-refractivity contribution in [3.05, 3.63) is 48.2 Å². The largest absolute Gasteiger partial charge is 0.361 e. The van der Waals surface area contributed by atoms with E-state index < -0.39 is 0 Å². The third-order valence-corrected chi connectivity index (χ3v) is 5.17. The predicted molar refractivity (Wildman–Crippen MR) is 99.6 cm³/mol. The lowest BCUT2D eigenvalue weighted by Crippen LogP contribution is -2.48. The Morgan fingerprint density at radius 1 is 1.32 bits per heavy atom. The van der Waals surface area contributed by atoms with Gasteiger partial charge in [0.05, 0.1) is 6.54 Å². The minimum atomic E-state index is 0.760. The van der Waals surface area contributed by atoms with Crippen LogP contribution in [-0.4, -0.2) is 57.4 Å². The summed E-state index contributed by atoms with van der Waals surface area (Å²) in [6, 6.07) is 6.62. The summed E-state index contributed by atoms with van der Waals surface area (Å²) in [6.07, 6.45) is 6.59. The molecule has 0 radical (unpaired) electrons. The molecule has 25 heavy (non-hydrogen) atoms. The average Bonchev–Trinajstić information content (AvgIpc) is 3.23. The zero-order valence-electron chi connectivity index (χ0n) is 14.8. The molecule has 6 heteroatoms. The maximum atomic E-state index is 4.20. The van der Waals surface area contributed by atoms with Crippen molar-refractivity contribution in [3.63, 3.8) is 0 Å². The minimum Gasteiger partial charge on any atom is -0.361 e. The molecule has 2 aromatic heterocycles. The Morgan fingerprint density at radius 3 is 2.96 bits per heavy atom. The van der Waals surface area contributed by atoms with Gasteiger partial charge >= 0.3 is 0 Å². The van der Waals surface area contributed by atoms with Gasteiger partial charge in [0.1, 0.15) is 12.7 Å². The van der Waals surface area contributed by atoms with Crippen molar-refractivity contribution in [1.82, 2.24) is 30.0 Å². The summed E-state index contributed by atoms with van der Waals surface area (Å²) in [7, 11) is 0. The molecule has 1 aromatic carbocycles. The number of rotatable bonds is 8. The highest BCUT2D eigenvalue weighted by Gasteiger charge is 2.19. The summed E-state index contributed by atoms with van der Waals surface area (Å²) in [4.78, 5) is 10.0. The maximum absolute atomic E-state index is 4.20. The highest BCUT2D eigenvalue weighted by Crippen LogP contribution is 2.21. The Kier molecular flexibility index (Phi) is 4.81. The van der Waals surface area contributed by atoms with Gasteiger partial charge < -0.3 is 15.2 Å². The van der Waals surface area contributed by atoms with Crippen molar-refractivity contribution >= 4 is 10.9 Å². The van der Waals surface area contributed by atoms with E-state index in [9.17, 15) is 0 Å². The fourth-order valence-electron chi connectivity index (χ4n) is 3.53. The SMILES string of the molecule is CCN(CCc1c[nH]c2ccc(Cn3cncn3)cc12)CC1CNC1. The molecule has 1 aliphatic rings. The molecule has 0 spiro atoms. The first-order valence-electron chi connectivity index (χ1n) is 9.16. The number of fused-ring (bicyclic) bond motifs is 1. The zero-order valence-corrected chi connectivity index (χ0v) is 14.8. The Bertz CT molecular complexity index is 803. The van der Waals surface area contributed by atoms with Gasteiger partial charge in [-0.1, -0.05) is 13.0 Å². The summed E-state index contributed by atoms with van der Waals surface area (Å²) < 4.78 is 1.86. The number of nitrogens with zero attached hydrogens (tertiary/aromatic N) is 4. The molecule has 4 rings (SSSR count). The molecule has 0 amide bonds. The molecule has 0 saturated carbocycles. The first-order valence-corrected chi connectivity index (χ1v) is 9.16. The van der Waals surface area contributed by atoms with Crippen LogP contribution in [-0.2, 0) is 13.0 Å². The maximum Gasteiger partial charge on any atom is 0.137 e. The van der Waals surface area contributed by atoms with E-state index in [4.69, 9.17) is 0 Å². The molecular formula is C19H26N6. The van der Waals surface area contributed by atoms with Gasteiger partial charge in [-0.2, -0.15) is 5.10 Å². The van der Waals surface area contributed by atoms with Gasteiger partial charge in [0, 0.05) is 43.3 Å². The first-order chi connectivity index (χ1) is 12.3. The summed E-state index contributed by atoms with van der Waals surface area (Å²) in [5.74, 6) is 0.831. The van der Waals surface area contributed by atoms with Gasteiger partial charge in [0.2, 0.25) is 0 Å². The van der Waals surface area contributed by atoms with Crippen LogP contribution in [0.2, 0.25) is 0 Å². The third-order valence-electron chi connectivity index (χ3n) is 5.17. The number of hydrogen-bond acceptors (Lipinski definition) is 4. The van der Waals surface area contributed by atoms with Crippen LogP contribution in [0.5, 0.6) is 0 Å². The van der Waals surface area contributed by atoms with Gasteiger partial charge in [0.25, 0.3) is 0 Å². The predicted octanol–water partition coefficient (Wildman–Crippen LogP) is 1.89. The van der Waals surface area contributed by atoms with Crippen molar-refractivity contribution in [1.29, 1.82) is 0 Å². The summed E-state index contributed by atoms with van der Waals surface area (Å²) >= 11 is 0. The van der Waals surface area contributed by atoms with Crippen molar-refractivity contribution in [2.24, 2.45) is 5.92 Å². The smallest absolute Gasteiger partial charge is 0.137 e. The molecule has 3 heterocycles. The van der Waals surface area contributed by atoms with E-state index in [-0.39, 0.29) is 0 Å². The van der Waals surface area contributed by atoms with E-state index in [0.29, 0.717) is 0 Å². The van der Waals surface area contributed by atoms with Crippen LogP contribution >= 0.6 is 0 Å². The second-order valence-electron chi connectivity index (χ2n) is 6.95. The monoisotopic (exact) mass is 338 g/mol. The number of nitrogens with one attached hydrogen (secondary N) is 2. The third kappa shape index (κ3) is 3.75. The summed E-state index contributed by atoms with van der Waals surface area (Å²) in [5.41, 5.74) is 3.87. The number of likely N-dealkylation sites (N-methyl/N-ethyl adjacent to an activating group) is 1. The molecule has 132 valence electrons. The number of benzene rings is 1. The van der Waals surface area contributed by atoms with Crippen LogP contribution in [0.15, 0.2) is 37.1 Å². The van der Waals surface area contributed by atoms with Gasteiger partial charge in [0.15, 0.2) is 0 Å². The van der Waals surface area contributed by atoms with Crippen LogP contribution < -0.4 is 5.32 Å². The van der Waals surface area contributed by atoms with E-state index in [1.807, 2.05) is 4.68 Å². The number of H-pyrrole nitrogens is 1. The highest BCUT2D eigenvalue weighted by molar-refractivity contribution is 5.83. The van der Waals surface area contributed by atoms with Gasteiger partial charge in [-0.3, -0.25) is 0 Å². The molecule has 6 nitrogen and oxygen atoms in total. The standard InChI is InChI=1S/C19H26N6/c1-2-24(11-16-8-20-9-16)6-5-17-10-22-19-4-3-15(7-18(17)19)12-25-14-21-13-23-25/h3-4,7,10,13-14,16,20,22H,2,5-6,8-9,11-12H2,1H3. The Labute approximate surface area is 148 Å². The van der Waals surface area contributed by atoms with Crippen molar-refractivity contribution in [2.45, 2.75) is 19.9 Å². The second kappa shape index (κ2) is 7.37. The minimum absolute atomic E-state index is 0.760. The molecule has 1 aliphatic heterocycles. The van der Waals surface area contributed by atoms with Gasteiger partial charge in [-0.15, -0.1) is 0 Å². The van der Waals surface area contributed by atoms with E-state index in [1.165, 1.54) is 41.7 Å². The second-order valence-corrected chi connectivity index (χ2v) is 6.95. The van der Waals surface area contributed by atoms with Gasteiger partial charge in [-0.25, -0.2) is 9.67 Å². The molecule has 0 bridgehead atoms. The summed E-state index contributed by atoms with van der Waals surface area (Å²) in [6.45, 7) is 8.82. The van der Waals surface area contributed by atoms with Crippen molar-refractivity contribution < 1.29 is 0 Å². The Morgan fingerprint density at radius 2 is 2.24 bits per heavy atom. The van der Waals surface area contributed by atoms with E-state index in [1.54, 1.807) is 12.7 Å². The topological polar surface area (TPSA) is 61.8 Å². The quantitative estimate of drug-likeness (QED) is 0.658. The van der Waals surface area contributed by atoms with Crippen LogP contribution in [0.25, 0.3) is 10.9 Å². The molecule has 0 aliphatic carbocycles. The average molecular weight is 338 g/mol. The highest BCUT2D eigenvalue weighted by atomic mass is 15.3. The molecule has 0 unspecified atom stereocenters. The fourth-order valence-corrected chi connectivity index (χ4v) is 3.53. The van der Waals surface area contributed by atoms with Crippen LogP contribution in [0.4, 0.5) is 0 Å². The zero-order chi connectivity index (χ0) is 17.1. The number of hydrogen-bond donors (Lipinski definition) is 2. The van der Waals surface area contributed by atoms with E-state index in [0.717, 1.165) is 32.0 Å². The molecule has 1 fully saturated rings.